The molecule has 1 atom stereocenters. The Morgan fingerprint density at radius 2 is 2.33 bits per heavy atom. The number of carbonyl (C=O) groups is 1. The molecule has 0 fully saturated rings. The zero-order valence-electron chi connectivity index (χ0n) is 11.1. The number of amides is 2. The molecule has 8 heteroatoms. The average Bonchev–Trinajstić information content (AvgIpc) is 3.11. The van der Waals surface area contributed by atoms with E-state index in [0.717, 1.165) is 15.1 Å². The summed E-state index contributed by atoms with van der Waals surface area (Å²) < 4.78 is 1.08. The van der Waals surface area contributed by atoms with E-state index in [0.29, 0.717) is 5.13 Å². The average molecular weight is 339 g/mol. The molecule has 5 nitrogen and oxygen atoms in total. The number of anilines is 1. The molecule has 0 unspecified atom stereocenters. The summed E-state index contributed by atoms with van der Waals surface area (Å²) >= 11 is 4.56. The molecule has 0 spiro atoms. The minimum absolute atomic E-state index is 0.168. The highest BCUT2D eigenvalue weighted by Crippen LogP contribution is 2.32. The minimum Gasteiger partial charge on any atom is -0.387 e. The molecule has 3 aromatic rings. The Balaban J connectivity index is 1.55. The lowest BCUT2D eigenvalue weighted by molar-refractivity contribution is 0.175. The predicted octanol–water partition coefficient (Wildman–Crippen LogP) is 3.58. The molecular formula is C13H13N3O2S3. The maximum atomic E-state index is 11.8. The zero-order valence-corrected chi connectivity index (χ0v) is 13.6. The van der Waals surface area contributed by atoms with Crippen molar-refractivity contribution in [2.45, 2.75) is 13.0 Å². The van der Waals surface area contributed by atoms with Crippen LogP contribution >= 0.6 is 34.0 Å². The normalized spacial score (nSPS) is 12.5. The van der Waals surface area contributed by atoms with Crippen molar-refractivity contribution in [1.29, 1.82) is 0 Å². The number of rotatable bonds is 4. The van der Waals surface area contributed by atoms with Gasteiger partial charge in [0.15, 0.2) is 5.13 Å². The largest absolute Gasteiger partial charge is 0.387 e. The van der Waals surface area contributed by atoms with E-state index in [1.807, 2.05) is 23.8 Å². The van der Waals surface area contributed by atoms with E-state index >= 15 is 0 Å². The van der Waals surface area contributed by atoms with Crippen LogP contribution in [0.2, 0.25) is 0 Å². The molecule has 110 valence electrons. The molecule has 3 heterocycles. The van der Waals surface area contributed by atoms with Gasteiger partial charge in [-0.2, -0.15) is 11.3 Å². The van der Waals surface area contributed by atoms with Gasteiger partial charge in [-0.25, -0.2) is 9.78 Å². The van der Waals surface area contributed by atoms with E-state index in [9.17, 15) is 9.90 Å². The highest BCUT2D eigenvalue weighted by molar-refractivity contribution is 7.29. The Morgan fingerprint density at radius 1 is 1.48 bits per heavy atom. The standard InChI is InChI=1S/C13H13N3O2S3/c1-7-4-10-11(20-7)15-13(21-10)16-12(18)14-5-9(17)8-2-3-19-6-8/h2-4,6,9,17H,5H2,1H3,(H2,14,15,16,18)/t9-/m1/s1. The molecule has 3 rings (SSSR count). The van der Waals surface area contributed by atoms with Crippen LogP contribution in [0.1, 0.15) is 16.5 Å². The van der Waals surface area contributed by atoms with Gasteiger partial charge in [-0.3, -0.25) is 5.32 Å². The molecule has 0 bridgehead atoms. The number of nitrogens with one attached hydrogen (secondary N) is 2. The third kappa shape index (κ3) is 3.41. The summed E-state index contributed by atoms with van der Waals surface area (Å²) in [5.74, 6) is 0. The van der Waals surface area contributed by atoms with Crippen LogP contribution in [0.5, 0.6) is 0 Å². The first-order chi connectivity index (χ1) is 10.1. The van der Waals surface area contributed by atoms with Gasteiger partial charge in [0.25, 0.3) is 0 Å². The van der Waals surface area contributed by atoms with Crippen LogP contribution in [0.25, 0.3) is 9.53 Å². The molecule has 0 aliphatic rings. The quantitative estimate of drug-likeness (QED) is 0.680. The number of thiophene rings is 2. The van der Waals surface area contributed by atoms with Crippen molar-refractivity contribution in [3.63, 3.8) is 0 Å². The highest BCUT2D eigenvalue weighted by Gasteiger charge is 2.12. The van der Waals surface area contributed by atoms with E-state index in [-0.39, 0.29) is 12.6 Å². The van der Waals surface area contributed by atoms with Crippen LogP contribution < -0.4 is 10.6 Å². The second kappa shape index (κ2) is 6.10. The molecule has 0 saturated heterocycles. The molecule has 2 amide bonds. The second-order valence-electron chi connectivity index (χ2n) is 4.45. The number of thiazole rings is 1. The number of hydrogen-bond donors (Lipinski definition) is 3. The predicted molar refractivity (Wildman–Crippen MR) is 88.5 cm³/mol. The SMILES string of the molecule is Cc1cc2sc(NC(=O)NC[C@@H](O)c3ccsc3)nc2s1. The van der Waals surface area contributed by atoms with E-state index in [4.69, 9.17) is 0 Å². The van der Waals surface area contributed by atoms with Crippen molar-refractivity contribution in [3.8, 4) is 0 Å². The molecular weight excluding hydrogens is 326 g/mol. The minimum atomic E-state index is -0.690. The van der Waals surface area contributed by atoms with Crippen molar-refractivity contribution >= 4 is 54.7 Å². The first kappa shape index (κ1) is 14.5. The van der Waals surface area contributed by atoms with Gasteiger partial charge in [-0.15, -0.1) is 11.3 Å². The molecule has 3 aromatic heterocycles. The molecule has 0 aromatic carbocycles. The number of urea groups is 1. The summed E-state index contributed by atoms with van der Waals surface area (Å²) in [6.45, 7) is 2.20. The van der Waals surface area contributed by atoms with E-state index in [1.165, 1.54) is 27.6 Å². The van der Waals surface area contributed by atoms with Crippen LogP contribution in [-0.2, 0) is 0 Å². The van der Waals surface area contributed by atoms with Crippen molar-refractivity contribution in [2.24, 2.45) is 0 Å². The molecule has 0 radical (unpaired) electrons. The summed E-state index contributed by atoms with van der Waals surface area (Å²) in [5, 5.41) is 19.5. The highest BCUT2D eigenvalue weighted by atomic mass is 32.1. The second-order valence-corrected chi connectivity index (χ2v) is 7.50. The summed E-state index contributed by atoms with van der Waals surface area (Å²) in [6, 6.07) is 3.54. The zero-order chi connectivity index (χ0) is 14.8. The first-order valence-electron chi connectivity index (χ1n) is 6.24. The van der Waals surface area contributed by atoms with Crippen LogP contribution in [0.4, 0.5) is 9.93 Å². The fourth-order valence-electron chi connectivity index (χ4n) is 1.82. The summed E-state index contributed by atoms with van der Waals surface area (Å²) in [5.41, 5.74) is 0.811. The summed E-state index contributed by atoms with van der Waals surface area (Å²) in [4.78, 5) is 18.3. The molecule has 21 heavy (non-hydrogen) atoms. The number of aliphatic hydroxyl groups is 1. The number of fused-ring (bicyclic) bond motifs is 1. The maximum absolute atomic E-state index is 11.8. The monoisotopic (exact) mass is 339 g/mol. The van der Waals surface area contributed by atoms with E-state index in [1.54, 1.807) is 11.3 Å². The maximum Gasteiger partial charge on any atom is 0.321 e. The third-order valence-corrected chi connectivity index (χ3v) is 5.51. The van der Waals surface area contributed by atoms with Gasteiger partial charge in [0.2, 0.25) is 0 Å². The van der Waals surface area contributed by atoms with Crippen molar-refractivity contribution < 1.29 is 9.90 Å². The van der Waals surface area contributed by atoms with Crippen molar-refractivity contribution in [1.82, 2.24) is 10.3 Å². The van der Waals surface area contributed by atoms with Crippen molar-refractivity contribution in [2.75, 3.05) is 11.9 Å². The fourth-order valence-corrected chi connectivity index (χ4v) is 4.54. The lowest BCUT2D eigenvalue weighted by Crippen LogP contribution is -2.32. The van der Waals surface area contributed by atoms with Crippen LogP contribution in [0.15, 0.2) is 22.9 Å². The lowest BCUT2D eigenvalue weighted by Gasteiger charge is -2.10. The summed E-state index contributed by atoms with van der Waals surface area (Å²) in [7, 11) is 0. The molecule has 0 aliphatic heterocycles. The number of aryl methyl sites for hydroxylation is 1. The topological polar surface area (TPSA) is 74.2 Å². The molecule has 0 saturated carbocycles. The van der Waals surface area contributed by atoms with Gasteiger partial charge in [-0.05, 0) is 35.4 Å². The van der Waals surface area contributed by atoms with Gasteiger partial charge in [0, 0.05) is 11.4 Å². The van der Waals surface area contributed by atoms with Crippen LogP contribution in [0, 0.1) is 6.92 Å². The van der Waals surface area contributed by atoms with Gasteiger partial charge >= 0.3 is 6.03 Å². The molecule has 0 aliphatic carbocycles. The lowest BCUT2D eigenvalue weighted by atomic mass is 10.2. The molecule has 3 N–H and O–H groups in total. The van der Waals surface area contributed by atoms with Gasteiger partial charge in [-0.1, -0.05) is 11.3 Å². The number of hydrogen-bond acceptors (Lipinski definition) is 6. The van der Waals surface area contributed by atoms with Gasteiger partial charge in [0.1, 0.15) is 4.83 Å². The Hall–Kier alpha value is -1.48. The first-order valence-corrected chi connectivity index (χ1v) is 8.81. The Kier molecular flexibility index (Phi) is 4.20. The van der Waals surface area contributed by atoms with Crippen molar-refractivity contribution in [3.05, 3.63) is 33.3 Å². The van der Waals surface area contributed by atoms with Gasteiger partial charge in [0.05, 0.1) is 10.8 Å². The number of carbonyl (C=O) groups excluding carboxylic acids is 1. The fraction of sp³-hybridized carbons (Fsp3) is 0.231. The Bertz CT molecular complexity index is 716. The number of aliphatic hydroxyl groups excluding tert-OH is 1. The number of aromatic nitrogens is 1. The van der Waals surface area contributed by atoms with E-state index < -0.39 is 6.10 Å². The van der Waals surface area contributed by atoms with Crippen LogP contribution in [-0.4, -0.2) is 22.7 Å². The third-order valence-electron chi connectivity index (χ3n) is 2.82. The number of nitrogens with zero attached hydrogens (tertiary/aromatic N) is 1. The van der Waals surface area contributed by atoms with Crippen LogP contribution in [0.3, 0.4) is 0 Å². The van der Waals surface area contributed by atoms with E-state index in [2.05, 4.69) is 21.7 Å². The smallest absolute Gasteiger partial charge is 0.321 e. The Labute approximate surface area is 133 Å². The van der Waals surface area contributed by atoms with Gasteiger partial charge < -0.3 is 10.4 Å². The Morgan fingerprint density at radius 3 is 3.05 bits per heavy atom. The summed E-state index contributed by atoms with van der Waals surface area (Å²) in [6.07, 6.45) is -0.690.